The Morgan fingerprint density at radius 1 is 0.161 bits per heavy atom. The third-order valence-corrected chi connectivity index (χ3v) is 19.1. The van der Waals surface area contributed by atoms with E-state index in [1.54, 1.807) is 0 Å². The van der Waals surface area contributed by atoms with E-state index >= 15 is 0 Å². The molecule has 13 rings (SSSR count). The van der Waals surface area contributed by atoms with Crippen molar-refractivity contribution in [2.24, 2.45) is 0 Å². The molecular formula is C44H76N12. The second-order valence-electron chi connectivity index (χ2n) is 22.0. The number of fused-ring (bicyclic) bond motifs is 24. The molecule has 8 bridgehead atoms. The molecule has 9 heterocycles. The normalized spacial score (nSPS) is 60.0. The quantitative estimate of drug-likeness (QED) is 0.160. The van der Waals surface area contributed by atoms with Crippen molar-refractivity contribution in [1.82, 2.24) is 63.8 Å². The summed E-state index contributed by atoms with van der Waals surface area (Å²) in [6.45, 7) is 0. The van der Waals surface area contributed by atoms with Gasteiger partial charge in [-0.15, -0.1) is 0 Å². The first kappa shape index (κ1) is 36.2. The molecule has 13 aliphatic rings. The third-order valence-electron chi connectivity index (χ3n) is 19.1. The molecule has 0 amide bonds. The average Bonchev–Trinajstić information content (AvgIpc) is 3.95. The van der Waals surface area contributed by atoms with Crippen LogP contribution in [0.25, 0.3) is 0 Å². The van der Waals surface area contributed by atoms with Gasteiger partial charge in [0.05, 0.1) is 0 Å². The van der Waals surface area contributed by atoms with Gasteiger partial charge < -0.3 is 63.8 Å². The van der Waals surface area contributed by atoms with Crippen LogP contribution in [0.3, 0.4) is 0 Å². The van der Waals surface area contributed by atoms with E-state index in [1.165, 1.54) is 128 Å². The van der Waals surface area contributed by atoms with Crippen LogP contribution in [0.4, 0.5) is 0 Å². The standard InChI is InChI=1S/C44H76N12/c1-2-10-22-21(9-1)49-37-29-17-31-39-41(53-24-12-4-3-11-23(24)51-39)33(46-31)19-35-43-44(56-28-16-8-7-15-27(28)55-43)36(48-35)20-34-42-40(52-25-13-5-6-14-26(25)54-42)32(47-34)18-30(45-29)38(37)50-22/h21-56H,1-20H2. The maximum Gasteiger partial charge on any atom is 0.0394 e. The molecule has 13 fully saturated rings. The zero-order valence-electron chi connectivity index (χ0n) is 34.0. The first-order valence-corrected chi connectivity index (χ1v) is 24.8. The first-order chi connectivity index (χ1) is 27.7. The minimum absolute atomic E-state index is 0.468. The van der Waals surface area contributed by atoms with E-state index in [2.05, 4.69) is 63.8 Å². The van der Waals surface area contributed by atoms with Crippen LogP contribution in [0, 0.1) is 0 Å². The molecule has 0 spiro atoms. The maximum absolute atomic E-state index is 4.46. The second kappa shape index (κ2) is 14.6. The van der Waals surface area contributed by atoms with Crippen molar-refractivity contribution in [3.8, 4) is 0 Å². The van der Waals surface area contributed by atoms with Gasteiger partial charge in [-0.1, -0.05) is 51.4 Å². The van der Waals surface area contributed by atoms with Gasteiger partial charge in [0.2, 0.25) is 0 Å². The van der Waals surface area contributed by atoms with Crippen molar-refractivity contribution in [2.75, 3.05) is 0 Å². The lowest BCUT2D eigenvalue weighted by Gasteiger charge is -2.47. The van der Waals surface area contributed by atoms with Crippen molar-refractivity contribution in [3.63, 3.8) is 0 Å². The van der Waals surface area contributed by atoms with Gasteiger partial charge in [-0.25, -0.2) is 0 Å². The number of hydrogen-bond donors (Lipinski definition) is 12. The van der Waals surface area contributed by atoms with Gasteiger partial charge >= 0.3 is 0 Å². The molecule has 4 saturated carbocycles. The monoisotopic (exact) mass is 773 g/mol. The molecular weight excluding hydrogens is 697 g/mol. The van der Waals surface area contributed by atoms with Crippen LogP contribution in [-0.2, 0) is 0 Å². The highest BCUT2D eigenvalue weighted by atomic mass is 15.3. The van der Waals surface area contributed by atoms with Crippen molar-refractivity contribution in [2.45, 2.75) is 273 Å². The Morgan fingerprint density at radius 2 is 0.304 bits per heavy atom. The Bertz CT molecular complexity index is 1130. The predicted octanol–water partition coefficient (Wildman–Crippen LogP) is -0.113. The summed E-state index contributed by atoms with van der Waals surface area (Å²) in [7, 11) is 0. The minimum Gasteiger partial charge on any atom is -0.308 e. The lowest BCUT2D eigenvalue weighted by molar-refractivity contribution is 0.148. The fourth-order valence-electron chi connectivity index (χ4n) is 16.6. The lowest BCUT2D eigenvalue weighted by Crippen LogP contribution is -2.70. The van der Waals surface area contributed by atoms with Crippen molar-refractivity contribution in [3.05, 3.63) is 0 Å². The van der Waals surface area contributed by atoms with Crippen molar-refractivity contribution >= 4 is 0 Å². The van der Waals surface area contributed by atoms with Crippen LogP contribution < -0.4 is 63.8 Å². The van der Waals surface area contributed by atoms with Crippen LogP contribution >= 0.6 is 0 Å². The smallest absolute Gasteiger partial charge is 0.0394 e. The second-order valence-corrected chi connectivity index (χ2v) is 22.0. The molecule has 0 radical (unpaired) electrons. The van der Waals surface area contributed by atoms with Gasteiger partial charge in [0.15, 0.2) is 0 Å². The zero-order valence-corrected chi connectivity index (χ0v) is 34.0. The Labute approximate surface area is 336 Å². The van der Waals surface area contributed by atoms with Gasteiger partial charge in [0.25, 0.3) is 0 Å². The summed E-state index contributed by atoms with van der Waals surface area (Å²) >= 11 is 0. The highest BCUT2D eigenvalue weighted by Gasteiger charge is 2.59. The van der Waals surface area contributed by atoms with Crippen molar-refractivity contribution < 1.29 is 0 Å². The summed E-state index contributed by atoms with van der Waals surface area (Å²) in [4.78, 5) is 0. The lowest BCUT2D eigenvalue weighted by atomic mass is 9.80. The predicted molar refractivity (Wildman–Crippen MR) is 221 cm³/mol. The van der Waals surface area contributed by atoms with Crippen LogP contribution in [0.5, 0.6) is 0 Å². The molecule has 0 aromatic rings. The molecule has 9 saturated heterocycles. The van der Waals surface area contributed by atoms with E-state index in [1.807, 2.05) is 0 Å². The maximum atomic E-state index is 4.46. The summed E-state index contributed by atoms with van der Waals surface area (Å²) in [6, 6.07) is 12.6. The van der Waals surface area contributed by atoms with E-state index in [0.29, 0.717) is 145 Å². The summed E-state index contributed by atoms with van der Waals surface area (Å²) in [6.07, 6.45) is 26.5. The van der Waals surface area contributed by atoms with Crippen LogP contribution in [-0.4, -0.2) is 145 Å². The van der Waals surface area contributed by atoms with E-state index < -0.39 is 0 Å². The molecule has 4 aliphatic carbocycles. The molecule has 56 heavy (non-hydrogen) atoms. The van der Waals surface area contributed by atoms with E-state index in [-0.39, 0.29) is 0 Å². The molecule has 12 nitrogen and oxygen atoms in total. The fourth-order valence-corrected chi connectivity index (χ4v) is 16.6. The molecule has 312 valence electrons. The zero-order chi connectivity index (χ0) is 36.5. The van der Waals surface area contributed by atoms with Gasteiger partial charge in [0.1, 0.15) is 0 Å². The van der Waals surface area contributed by atoms with E-state index in [4.69, 9.17) is 0 Å². The Hall–Kier alpha value is -0.480. The van der Waals surface area contributed by atoms with Gasteiger partial charge in [0, 0.05) is 145 Å². The van der Waals surface area contributed by atoms with Crippen LogP contribution in [0.1, 0.15) is 128 Å². The van der Waals surface area contributed by atoms with E-state index in [9.17, 15) is 0 Å². The highest BCUT2D eigenvalue weighted by molar-refractivity contribution is 5.23. The molecule has 0 aromatic heterocycles. The Kier molecular flexibility index (Phi) is 9.42. The van der Waals surface area contributed by atoms with Gasteiger partial charge in [-0.05, 0) is 77.0 Å². The summed E-state index contributed by atoms with van der Waals surface area (Å²) in [5.74, 6) is 0. The third kappa shape index (κ3) is 6.10. The van der Waals surface area contributed by atoms with E-state index in [0.717, 1.165) is 0 Å². The Morgan fingerprint density at radius 3 is 0.446 bits per heavy atom. The fraction of sp³-hybridized carbons (Fsp3) is 1.00. The SMILES string of the molecule is C1CCC2NC3C4CC5NC(CC6NC(CC7NC(CC(N4)C3NC2C1)C1NC2CCCCC2NC71)C1NC2CCCCC2NC61)C1NC2CCCCC2NC51. The van der Waals surface area contributed by atoms with Crippen LogP contribution in [0.2, 0.25) is 0 Å². The number of nitrogens with one attached hydrogen (secondary N) is 12. The van der Waals surface area contributed by atoms with Gasteiger partial charge in [-0.2, -0.15) is 0 Å². The highest BCUT2D eigenvalue weighted by Crippen LogP contribution is 2.39. The van der Waals surface area contributed by atoms with Gasteiger partial charge in [-0.3, -0.25) is 0 Å². The molecule has 24 unspecified atom stereocenters. The average molecular weight is 773 g/mol. The number of rotatable bonds is 0. The summed E-state index contributed by atoms with van der Waals surface area (Å²) < 4.78 is 0. The molecule has 9 aliphatic heterocycles. The number of piperazine rings is 4. The molecule has 24 atom stereocenters. The molecule has 12 N–H and O–H groups in total. The molecule has 0 aromatic carbocycles. The minimum atomic E-state index is 0.468. The molecule has 12 heteroatoms. The van der Waals surface area contributed by atoms with Crippen LogP contribution in [0.15, 0.2) is 0 Å². The Balaban J connectivity index is 0.860. The summed E-state index contributed by atoms with van der Waals surface area (Å²) in [5.41, 5.74) is 0. The van der Waals surface area contributed by atoms with Crippen molar-refractivity contribution in [1.29, 1.82) is 0 Å². The summed E-state index contributed by atoms with van der Waals surface area (Å²) in [5, 5.41) is 52.9. The first-order valence-electron chi connectivity index (χ1n) is 24.8. The largest absolute Gasteiger partial charge is 0.308 e. The topological polar surface area (TPSA) is 144 Å². The number of hydrogen-bond acceptors (Lipinski definition) is 12.